The van der Waals surface area contributed by atoms with Gasteiger partial charge in [-0.15, -0.1) is 0 Å². The summed E-state index contributed by atoms with van der Waals surface area (Å²) in [6.45, 7) is 6.53. The highest BCUT2D eigenvalue weighted by Gasteiger charge is 2.13. The van der Waals surface area contributed by atoms with Crippen molar-refractivity contribution in [1.29, 1.82) is 0 Å². The van der Waals surface area contributed by atoms with Gasteiger partial charge in [0.2, 0.25) is 5.91 Å². The standard InChI is InChI=1S/C15H19N3O/c1-15(2,3)11-4-6-12(7-5-11)18-10-17-9-13(18)8-14(16)19/h4-7,9-10H,8H2,1-3H3,(H2,16,19). The highest BCUT2D eigenvalue weighted by molar-refractivity contribution is 5.76. The summed E-state index contributed by atoms with van der Waals surface area (Å²) in [5.74, 6) is -0.354. The number of nitrogens with zero attached hydrogens (tertiary/aromatic N) is 2. The van der Waals surface area contributed by atoms with Crippen LogP contribution in [-0.4, -0.2) is 15.5 Å². The van der Waals surface area contributed by atoms with E-state index in [-0.39, 0.29) is 17.7 Å². The number of primary amides is 1. The number of carbonyl (C=O) groups is 1. The second-order valence-corrected chi connectivity index (χ2v) is 5.69. The molecule has 1 heterocycles. The molecule has 2 N–H and O–H groups in total. The van der Waals surface area contributed by atoms with Crippen LogP contribution in [0.3, 0.4) is 0 Å². The molecule has 0 saturated heterocycles. The first-order chi connectivity index (χ1) is 8.88. The third-order valence-corrected chi connectivity index (χ3v) is 3.08. The Balaban J connectivity index is 2.33. The molecular formula is C15H19N3O. The largest absolute Gasteiger partial charge is 0.369 e. The Morgan fingerprint density at radius 3 is 2.42 bits per heavy atom. The van der Waals surface area contributed by atoms with E-state index in [4.69, 9.17) is 5.73 Å². The van der Waals surface area contributed by atoms with E-state index in [1.807, 2.05) is 16.7 Å². The van der Waals surface area contributed by atoms with Crippen molar-refractivity contribution >= 4 is 5.91 Å². The van der Waals surface area contributed by atoms with Crippen LogP contribution >= 0.6 is 0 Å². The summed E-state index contributed by atoms with van der Waals surface area (Å²) in [5, 5.41) is 0. The van der Waals surface area contributed by atoms with Crippen molar-refractivity contribution in [2.75, 3.05) is 0 Å². The molecule has 0 aliphatic rings. The molecule has 0 unspecified atom stereocenters. The Hall–Kier alpha value is -2.10. The topological polar surface area (TPSA) is 60.9 Å². The van der Waals surface area contributed by atoms with Gasteiger partial charge in [0.05, 0.1) is 18.4 Å². The van der Waals surface area contributed by atoms with Gasteiger partial charge in [-0.2, -0.15) is 0 Å². The third-order valence-electron chi connectivity index (χ3n) is 3.08. The number of nitrogens with two attached hydrogens (primary N) is 1. The van der Waals surface area contributed by atoms with E-state index < -0.39 is 0 Å². The molecule has 0 fully saturated rings. The van der Waals surface area contributed by atoms with Crippen molar-refractivity contribution in [2.45, 2.75) is 32.6 Å². The molecule has 0 aliphatic heterocycles. The number of hydrogen-bond acceptors (Lipinski definition) is 2. The van der Waals surface area contributed by atoms with E-state index >= 15 is 0 Å². The molecular weight excluding hydrogens is 238 g/mol. The van der Waals surface area contributed by atoms with Gasteiger partial charge >= 0.3 is 0 Å². The van der Waals surface area contributed by atoms with E-state index in [0.717, 1.165) is 11.4 Å². The zero-order valence-electron chi connectivity index (χ0n) is 11.6. The van der Waals surface area contributed by atoms with Crippen molar-refractivity contribution in [1.82, 2.24) is 9.55 Å². The molecule has 0 aliphatic carbocycles. The van der Waals surface area contributed by atoms with Crippen LogP contribution in [-0.2, 0) is 16.6 Å². The quantitative estimate of drug-likeness (QED) is 0.916. The molecule has 1 aromatic heterocycles. The second-order valence-electron chi connectivity index (χ2n) is 5.69. The van der Waals surface area contributed by atoms with E-state index in [1.165, 1.54) is 5.56 Å². The zero-order chi connectivity index (χ0) is 14.0. The SMILES string of the molecule is CC(C)(C)c1ccc(-n2cncc2CC(N)=O)cc1. The van der Waals surface area contributed by atoms with Gasteiger partial charge in [0.25, 0.3) is 0 Å². The Morgan fingerprint density at radius 1 is 1.26 bits per heavy atom. The predicted octanol–water partition coefficient (Wildman–Crippen LogP) is 2.20. The van der Waals surface area contributed by atoms with Crippen LogP contribution in [0.4, 0.5) is 0 Å². The molecule has 2 rings (SSSR count). The molecule has 19 heavy (non-hydrogen) atoms. The lowest BCUT2D eigenvalue weighted by Crippen LogP contribution is -2.16. The van der Waals surface area contributed by atoms with Crippen molar-refractivity contribution in [3.8, 4) is 5.69 Å². The van der Waals surface area contributed by atoms with Gasteiger partial charge in [-0.1, -0.05) is 32.9 Å². The van der Waals surface area contributed by atoms with Gasteiger partial charge in [0, 0.05) is 11.9 Å². The van der Waals surface area contributed by atoms with Crippen molar-refractivity contribution in [3.63, 3.8) is 0 Å². The Morgan fingerprint density at radius 2 is 1.89 bits per heavy atom. The monoisotopic (exact) mass is 257 g/mol. The number of aromatic nitrogens is 2. The minimum atomic E-state index is -0.354. The first-order valence-corrected chi connectivity index (χ1v) is 6.28. The van der Waals surface area contributed by atoms with Gasteiger partial charge < -0.3 is 10.3 Å². The van der Waals surface area contributed by atoms with Crippen LogP contribution in [0.25, 0.3) is 5.69 Å². The summed E-state index contributed by atoms with van der Waals surface area (Å²) >= 11 is 0. The zero-order valence-corrected chi connectivity index (χ0v) is 11.6. The fourth-order valence-corrected chi connectivity index (χ4v) is 1.99. The second kappa shape index (κ2) is 4.88. The lowest BCUT2D eigenvalue weighted by atomic mass is 9.87. The molecule has 4 nitrogen and oxygen atoms in total. The molecule has 4 heteroatoms. The van der Waals surface area contributed by atoms with E-state index in [9.17, 15) is 4.79 Å². The third kappa shape index (κ3) is 3.02. The number of rotatable bonds is 3. The van der Waals surface area contributed by atoms with E-state index in [1.54, 1.807) is 12.5 Å². The summed E-state index contributed by atoms with van der Waals surface area (Å²) in [6.07, 6.45) is 3.56. The van der Waals surface area contributed by atoms with Crippen molar-refractivity contribution in [3.05, 3.63) is 48.0 Å². The van der Waals surface area contributed by atoms with Gasteiger partial charge in [0.15, 0.2) is 0 Å². The minimum absolute atomic E-state index is 0.128. The summed E-state index contributed by atoms with van der Waals surface area (Å²) in [6, 6.07) is 8.27. The van der Waals surface area contributed by atoms with Crippen molar-refractivity contribution in [2.24, 2.45) is 5.73 Å². The highest BCUT2D eigenvalue weighted by atomic mass is 16.1. The molecule has 2 aromatic rings. The van der Waals surface area contributed by atoms with Crippen LogP contribution < -0.4 is 5.73 Å². The van der Waals surface area contributed by atoms with Gasteiger partial charge in [-0.25, -0.2) is 4.98 Å². The van der Waals surface area contributed by atoms with Crippen LogP contribution in [0.5, 0.6) is 0 Å². The maximum atomic E-state index is 11.0. The molecule has 0 atom stereocenters. The number of benzene rings is 1. The average Bonchev–Trinajstić information content (AvgIpc) is 2.75. The van der Waals surface area contributed by atoms with Crippen LogP contribution in [0.2, 0.25) is 0 Å². The smallest absolute Gasteiger partial charge is 0.223 e. The predicted molar refractivity (Wildman–Crippen MR) is 75.2 cm³/mol. The van der Waals surface area contributed by atoms with E-state index in [0.29, 0.717) is 0 Å². The molecule has 1 amide bonds. The summed E-state index contributed by atoms with van der Waals surface area (Å²) < 4.78 is 1.89. The van der Waals surface area contributed by atoms with Crippen LogP contribution in [0.1, 0.15) is 32.0 Å². The van der Waals surface area contributed by atoms with Gasteiger partial charge in [-0.05, 0) is 23.1 Å². The summed E-state index contributed by atoms with van der Waals surface area (Å²) in [5.41, 5.74) is 8.42. The number of carbonyl (C=O) groups excluding carboxylic acids is 1. The fourth-order valence-electron chi connectivity index (χ4n) is 1.99. The molecule has 0 spiro atoms. The molecule has 0 bridgehead atoms. The molecule has 0 radical (unpaired) electrons. The van der Waals surface area contributed by atoms with Gasteiger partial charge in [0.1, 0.15) is 0 Å². The van der Waals surface area contributed by atoms with E-state index in [2.05, 4.69) is 37.9 Å². The summed E-state index contributed by atoms with van der Waals surface area (Å²) in [7, 11) is 0. The normalized spacial score (nSPS) is 11.5. The maximum Gasteiger partial charge on any atom is 0.223 e. The lowest BCUT2D eigenvalue weighted by Gasteiger charge is -2.19. The first-order valence-electron chi connectivity index (χ1n) is 6.28. The lowest BCUT2D eigenvalue weighted by molar-refractivity contribution is -0.117. The minimum Gasteiger partial charge on any atom is -0.369 e. The van der Waals surface area contributed by atoms with Gasteiger partial charge in [-0.3, -0.25) is 4.79 Å². The highest BCUT2D eigenvalue weighted by Crippen LogP contribution is 2.23. The number of amides is 1. The Bertz CT molecular complexity index is 576. The van der Waals surface area contributed by atoms with Crippen LogP contribution in [0.15, 0.2) is 36.8 Å². The summed E-state index contributed by atoms with van der Waals surface area (Å²) in [4.78, 5) is 15.1. The molecule has 0 saturated carbocycles. The van der Waals surface area contributed by atoms with Crippen LogP contribution in [0, 0.1) is 0 Å². The Labute approximate surface area is 113 Å². The fraction of sp³-hybridized carbons (Fsp3) is 0.333. The Kier molecular flexibility index (Phi) is 3.42. The maximum absolute atomic E-state index is 11.0. The van der Waals surface area contributed by atoms with Crippen molar-refractivity contribution < 1.29 is 4.79 Å². The average molecular weight is 257 g/mol. The molecule has 1 aromatic carbocycles. The number of hydrogen-bond donors (Lipinski definition) is 1. The molecule has 100 valence electrons. The number of imidazole rings is 1. The first kappa shape index (κ1) is 13.3.